The molecule has 0 atom stereocenters. The highest BCUT2D eigenvalue weighted by atomic mass is 32.2. The fourth-order valence-corrected chi connectivity index (χ4v) is 3.48. The fourth-order valence-electron chi connectivity index (χ4n) is 2.84. The lowest BCUT2D eigenvalue weighted by atomic mass is 9.79. The van der Waals surface area contributed by atoms with Crippen LogP contribution in [0.3, 0.4) is 0 Å². The molecule has 0 bridgehead atoms. The molecule has 0 amide bonds. The summed E-state index contributed by atoms with van der Waals surface area (Å²) in [6.07, 6.45) is 1.08. The minimum Gasteiger partial charge on any atom is -0.475 e. The van der Waals surface area contributed by atoms with Gasteiger partial charge in [0.25, 0.3) is 0 Å². The highest BCUT2D eigenvalue weighted by molar-refractivity contribution is 7.90. The Bertz CT molecular complexity index is 1000. The molecule has 2 aromatic rings. The van der Waals surface area contributed by atoms with E-state index in [0.29, 0.717) is 17.5 Å². The van der Waals surface area contributed by atoms with E-state index in [2.05, 4.69) is 4.98 Å². The number of pyridine rings is 1. The van der Waals surface area contributed by atoms with E-state index in [-0.39, 0.29) is 11.0 Å². The molecule has 0 saturated carbocycles. The molecular weight excluding hydrogens is 405 g/mol. The van der Waals surface area contributed by atoms with Crippen molar-refractivity contribution in [2.24, 2.45) is 0 Å². The third-order valence-corrected chi connectivity index (χ3v) is 6.29. The van der Waals surface area contributed by atoms with Crippen molar-refractivity contribution in [2.75, 3.05) is 6.26 Å². The number of aromatic nitrogens is 1. The molecule has 1 aliphatic rings. The highest BCUT2D eigenvalue weighted by Crippen LogP contribution is 2.37. The first-order valence-corrected chi connectivity index (χ1v) is 11.7. The number of ether oxygens (including phenoxy) is 2. The van der Waals surface area contributed by atoms with Gasteiger partial charge in [-0.05, 0) is 71.3 Å². The molecule has 0 aliphatic carbocycles. The molecule has 7 nitrogen and oxygen atoms in total. The molecular formula is C21H28BNO6S. The summed E-state index contributed by atoms with van der Waals surface area (Å²) in [4.78, 5) is 4.63. The van der Waals surface area contributed by atoms with Crippen LogP contribution in [0.4, 0.5) is 0 Å². The Labute approximate surface area is 178 Å². The predicted molar refractivity (Wildman–Crippen MR) is 115 cm³/mol. The Morgan fingerprint density at radius 2 is 1.50 bits per heavy atom. The quantitative estimate of drug-likeness (QED) is 0.646. The first-order chi connectivity index (χ1) is 13.8. The van der Waals surface area contributed by atoms with Crippen LogP contribution in [-0.4, -0.2) is 44.1 Å². The van der Waals surface area contributed by atoms with E-state index in [1.54, 1.807) is 24.3 Å². The van der Waals surface area contributed by atoms with Gasteiger partial charge in [0.15, 0.2) is 9.84 Å². The van der Waals surface area contributed by atoms with Crippen molar-refractivity contribution in [2.45, 2.75) is 63.7 Å². The molecule has 0 N–H and O–H groups in total. The average molecular weight is 433 g/mol. The van der Waals surface area contributed by atoms with E-state index in [1.165, 1.54) is 12.1 Å². The molecule has 1 aromatic carbocycles. The zero-order valence-corrected chi connectivity index (χ0v) is 19.2. The Balaban J connectivity index is 1.92. The Kier molecular flexibility index (Phi) is 5.92. The van der Waals surface area contributed by atoms with Crippen LogP contribution in [-0.2, 0) is 19.1 Å². The number of nitrogens with zero attached hydrogens (tertiary/aromatic N) is 1. The summed E-state index contributed by atoms with van der Waals surface area (Å²) in [5.41, 5.74) is -0.243. The van der Waals surface area contributed by atoms with E-state index in [9.17, 15) is 8.42 Å². The van der Waals surface area contributed by atoms with E-state index in [0.717, 1.165) is 11.7 Å². The zero-order chi connectivity index (χ0) is 22.3. The molecule has 9 heteroatoms. The van der Waals surface area contributed by atoms with Gasteiger partial charge >= 0.3 is 7.12 Å². The number of hydrogen-bond acceptors (Lipinski definition) is 7. The second-order valence-corrected chi connectivity index (χ2v) is 10.7. The van der Waals surface area contributed by atoms with E-state index in [4.69, 9.17) is 18.8 Å². The minimum atomic E-state index is -3.28. The van der Waals surface area contributed by atoms with E-state index in [1.807, 2.05) is 41.5 Å². The summed E-state index contributed by atoms with van der Waals surface area (Å²) in [6.45, 7) is 11.8. The monoisotopic (exact) mass is 433 g/mol. The molecule has 0 spiro atoms. The lowest BCUT2D eigenvalue weighted by molar-refractivity contribution is 0.00578. The van der Waals surface area contributed by atoms with Gasteiger partial charge in [0, 0.05) is 18.4 Å². The molecule has 1 saturated heterocycles. The number of benzene rings is 1. The fraction of sp³-hybridized carbons (Fsp3) is 0.476. The van der Waals surface area contributed by atoms with Crippen molar-refractivity contribution in [3.05, 3.63) is 36.4 Å². The Morgan fingerprint density at radius 1 is 0.967 bits per heavy atom. The highest BCUT2D eigenvalue weighted by Gasteiger charge is 2.52. The van der Waals surface area contributed by atoms with Gasteiger partial charge in [-0.25, -0.2) is 8.42 Å². The van der Waals surface area contributed by atoms with Crippen LogP contribution in [0.5, 0.6) is 17.5 Å². The van der Waals surface area contributed by atoms with Crippen molar-refractivity contribution in [1.82, 2.24) is 4.98 Å². The summed E-state index contributed by atoms with van der Waals surface area (Å²) in [5.74, 6) is 1.14. The molecule has 1 aromatic heterocycles. The van der Waals surface area contributed by atoms with Gasteiger partial charge < -0.3 is 18.8 Å². The SMILES string of the molecule is CC(C)Oc1cc(B2OC(C)(C)C(C)(C)O2)cc(Oc2ccc(S(C)(=O)=O)cc2)n1. The molecule has 30 heavy (non-hydrogen) atoms. The van der Waals surface area contributed by atoms with Gasteiger partial charge in [0.2, 0.25) is 11.8 Å². The van der Waals surface area contributed by atoms with Gasteiger partial charge in [-0.15, -0.1) is 0 Å². The second-order valence-electron chi connectivity index (χ2n) is 8.68. The number of rotatable bonds is 6. The van der Waals surface area contributed by atoms with Crippen LogP contribution < -0.4 is 14.9 Å². The molecule has 0 radical (unpaired) electrons. The smallest absolute Gasteiger partial charge is 0.475 e. The second kappa shape index (κ2) is 7.87. The van der Waals surface area contributed by atoms with Crippen LogP contribution in [0, 0.1) is 0 Å². The third kappa shape index (κ3) is 4.96. The lowest BCUT2D eigenvalue weighted by Crippen LogP contribution is -2.41. The minimum absolute atomic E-state index is 0.0760. The summed E-state index contributed by atoms with van der Waals surface area (Å²) < 4.78 is 47.2. The topological polar surface area (TPSA) is 84.0 Å². The van der Waals surface area contributed by atoms with Crippen LogP contribution in [0.2, 0.25) is 0 Å². The van der Waals surface area contributed by atoms with Crippen LogP contribution >= 0.6 is 0 Å². The van der Waals surface area contributed by atoms with Crippen molar-refractivity contribution < 1.29 is 27.2 Å². The lowest BCUT2D eigenvalue weighted by Gasteiger charge is -2.32. The van der Waals surface area contributed by atoms with Crippen molar-refractivity contribution >= 4 is 22.4 Å². The summed E-state index contributed by atoms with van der Waals surface area (Å²) in [5, 5.41) is 0. The molecule has 1 aliphatic heterocycles. The maximum absolute atomic E-state index is 11.6. The van der Waals surface area contributed by atoms with E-state index >= 15 is 0 Å². The molecule has 1 fully saturated rings. The van der Waals surface area contributed by atoms with Crippen LogP contribution in [0.1, 0.15) is 41.5 Å². The Morgan fingerprint density at radius 3 is 2.00 bits per heavy atom. The largest absolute Gasteiger partial charge is 0.495 e. The first kappa shape index (κ1) is 22.6. The van der Waals surface area contributed by atoms with Crippen molar-refractivity contribution in [1.29, 1.82) is 0 Å². The summed E-state index contributed by atoms with van der Waals surface area (Å²) in [6, 6.07) is 9.68. The number of sulfone groups is 1. The molecule has 2 heterocycles. The first-order valence-electron chi connectivity index (χ1n) is 9.79. The van der Waals surface area contributed by atoms with Gasteiger partial charge in [0.1, 0.15) is 5.75 Å². The van der Waals surface area contributed by atoms with Crippen molar-refractivity contribution in [3.63, 3.8) is 0 Å². The normalized spacial score (nSPS) is 17.9. The summed E-state index contributed by atoms with van der Waals surface area (Å²) in [7, 11) is -3.87. The Hall–Kier alpha value is -2.10. The third-order valence-electron chi connectivity index (χ3n) is 5.16. The maximum atomic E-state index is 11.6. The molecule has 162 valence electrons. The van der Waals surface area contributed by atoms with Crippen LogP contribution in [0.25, 0.3) is 0 Å². The average Bonchev–Trinajstić information content (AvgIpc) is 2.81. The number of hydrogen-bond donors (Lipinski definition) is 0. The molecule has 3 rings (SSSR count). The van der Waals surface area contributed by atoms with Gasteiger partial charge in [-0.2, -0.15) is 4.98 Å². The maximum Gasteiger partial charge on any atom is 0.495 e. The van der Waals surface area contributed by atoms with Gasteiger partial charge in [-0.3, -0.25) is 0 Å². The zero-order valence-electron chi connectivity index (χ0n) is 18.4. The predicted octanol–water partition coefficient (Wildman–Crippen LogP) is 3.36. The van der Waals surface area contributed by atoms with Gasteiger partial charge in [-0.1, -0.05) is 0 Å². The van der Waals surface area contributed by atoms with Crippen LogP contribution in [0.15, 0.2) is 41.3 Å². The molecule has 0 unspecified atom stereocenters. The summed E-state index contributed by atoms with van der Waals surface area (Å²) >= 11 is 0. The van der Waals surface area contributed by atoms with E-state index < -0.39 is 28.2 Å². The standard InChI is InChI=1S/C21H28BNO6S/c1-14(2)26-18-12-15(22-28-20(3,4)21(5,6)29-22)13-19(23-18)27-16-8-10-17(11-9-16)30(7,24)25/h8-14H,1-7H3. The van der Waals surface area contributed by atoms with Crippen molar-refractivity contribution in [3.8, 4) is 17.5 Å². The van der Waals surface area contributed by atoms with Gasteiger partial charge in [0.05, 0.1) is 22.2 Å².